The molecule has 0 amide bonds. The van der Waals surface area contributed by atoms with Crippen molar-refractivity contribution in [1.29, 1.82) is 5.41 Å². The van der Waals surface area contributed by atoms with Crippen LogP contribution in [0.3, 0.4) is 0 Å². The van der Waals surface area contributed by atoms with Crippen LogP contribution >= 0.6 is 0 Å². The average Bonchev–Trinajstić information content (AvgIpc) is 3.37. The van der Waals surface area contributed by atoms with Gasteiger partial charge in [-0.05, 0) is 49.8 Å². The van der Waals surface area contributed by atoms with Crippen LogP contribution in [0.5, 0.6) is 0 Å². The highest BCUT2D eigenvalue weighted by Gasteiger charge is 2.41. The Labute approximate surface area is 180 Å². The molecular formula is C22H27N7O2. The lowest BCUT2D eigenvalue weighted by Crippen LogP contribution is -2.41. The van der Waals surface area contributed by atoms with E-state index in [1.54, 1.807) is 17.0 Å². The number of anilines is 1. The molecule has 31 heavy (non-hydrogen) atoms. The zero-order chi connectivity index (χ0) is 21.4. The van der Waals surface area contributed by atoms with Crippen molar-refractivity contribution in [2.45, 2.75) is 38.9 Å². The number of fused-ring (bicyclic) bond motifs is 1. The zero-order valence-corrected chi connectivity index (χ0v) is 17.6. The van der Waals surface area contributed by atoms with Gasteiger partial charge in [-0.1, -0.05) is 0 Å². The van der Waals surface area contributed by atoms with Crippen LogP contribution in [-0.2, 0) is 11.3 Å². The molecule has 2 aromatic heterocycles. The van der Waals surface area contributed by atoms with Crippen molar-refractivity contribution >= 4 is 28.9 Å². The molecule has 0 bridgehead atoms. The number of nitrogens with one attached hydrogen (secondary N) is 2. The molecule has 3 aliphatic heterocycles. The fourth-order valence-electron chi connectivity index (χ4n) is 4.76. The first-order valence-electron chi connectivity index (χ1n) is 10.7. The maximum absolute atomic E-state index is 10.0. The van der Waals surface area contributed by atoms with Crippen LogP contribution in [0.4, 0.5) is 5.82 Å². The molecule has 1 spiro atoms. The molecule has 9 heteroatoms. The van der Waals surface area contributed by atoms with Gasteiger partial charge in [0, 0.05) is 31.2 Å². The number of aliphatic hydroxyl groups excluding tert-OH is 1. The normalized spacial score (nSPS) is 24.1. The third-order valence-corrected chi connectivity index (χ3v) is 6.45. The Hall–Kier alpha value is -3.04. The van der Waals surface area contributed by atoms with E-state index in [-0.39, 0.29) is 12.0 Å². The quantitative estimate of drug-likeness (QED) is 0.649. The predicted molar refractivity (Wildman–Crippen MR) is 119 cm³/mol. The fourth-order valence-corrected chi connectivity index (χ4v) is 4.76. The summed E-state index contributed by atoms with van der Waals surface area (Å²) in [6.07, 6.45) is 13.8. The maximum atomic E-state index is 10.0. The molecule has 3 aliphatic rings. The average molecular weight is 422 g/mol. The Balaban J connectivity index is 1.41. The molecule has 0 radical (unpaired) electrons. The van der Waals surface area contributed by atoms with Crippen molar-refractivity contribution in [3.05, 3.63) is 42.0 Å². The van der Waals surface area contributed by atoms with Gasteiger partial charge in [-0.2, -0.15) is 5.10 Å². The molecule has 9 nitrogen and oxygen atoms in total. The number of dihydropyridines is 1. The van der Waals surface area contributed by atoms with E-state index in [9.17, 15) is 5.11 Å². The molecule has 5 rings (SSSR count). The largest absolute Gasteiger partial charge is 0.390 e. The summed E-state index contributed by atoms with van der Waals surface area (Å²) in [5.74, 6) is 0.749. The summed E-state index contributed by atoms with van der Waals surface area (Å²) in [5.41, 5.74) is 3.79. The van der Waals surface area contributed by atoms with Gasteiger partial charge in [0.25, 0.3) is 0 Å². The first-order valence-corrected chi connectivity index (χ1v) is 10.7. The molecule has 2 fully saturated rings. The lowest BCUT2D eigenvalue weighted by molar-refractivity contribution is 0.0975. The van der Waals surface area contributed by atoms with Crippen molar-refractivity contribution < 1.29 is 9.84 Å². The summed E-state index contributed by atoms with van der Waals surface area (Å²) in [7, 11) is 0. The first-order chi connectivity index (χ1) is 15.1. The topological polar surface area (TPSA) is 112 Å². The lowest BCUT2D eigenvalue weighted by Gasteiger charge is -2.39. The molecule has 162 valence electrons. The van der Waals surface area contributed by atoms with Gasteiger partial charge >= 0.3 is 0 Å². The van der Waals surface area contributed by atoms with Crippen molar-refractivity contribution in [2.75, 3.05) is 24.6 Å². The minimum atomic E-state index is -0.176. The van der Waals surface area contributed by atoms with Crippen LogP contribution in [0.2, 0.25) is 0 Å². The molecule has 0 saturated carbocycles. The van der Waals surface area contributed by atoms with Gasteiger partial charge in [0.05, 0.1) is 31.2 Å². The molecule has 5 heterocycles. The Morgan fingerprint density at radius 3 is 2.81 bits per heavy atom. The first kappa shape index (κ1) is 19.9. The maximum Gasteiger partial charge on any atom is 0.182 e. The van der Waals surface area contributed by atoms with Crippen LogP contribution in [0.15, 0.2) is 36.3 Å². The number of aromatic nitrogens is 4. The van der Waals surface area contributed by atoms with Gasteiger partial charge in [0.2, 0.25) is 0 Å². The fraction of sp³-hybridized carbons (Fsp3) is 0.455. The molecule has 0 aliphatic carbocycles. The Morgan fingerprint density at radius 2 is 2.16 bits per heavy atom. The van der Waals surface area contributed by atoms with Gasteiger partial charge in [-0.25, -0.2) is 14.6 Å². The number of hydrogen-bond acceptors (Lipinski definition) is 8. The Morgan fingerprint density at radius 1 is 1.32 bits per heavy atom. The number of piperidine rings is 1. The van der Waals surface area contributed by atoms with E-state index in [2.05, 4.69) is 22.2 Å². The third kappa shape index (κ3) is 3.64. The molecule has 0 aromatic carbocycles. The summed E-state index contributed by atoms with van der Waals surface area (Å²) in [6.45, 7) is 4.60. The van der Waals surface area contributed by atoms with Crippen molar-refractivity contribution in [1.82, 2.24) is 25.1 Å². The number of ether oxygens (including phenoxy) is 1. The van der Waals surface area contributed by atoms with E-state index < -0.39 is 0 Å². The molecule has 2 saturated heterocycles. The second kappa shape index (κ2) is 7.90. The molecular weight excluding hydrogens is 394 g/mol. The standard InChI is InChI=1S/C22H27N7O2/c1-15-10-22(14-31-15)5-8-28(9-6-22)20-19(13-30)27-21-18(26-20)12-25-29(21)17-3-2-16(4-7-23)24-11-17/h2-4,7,11-12,15,23-24,30H,5-6,8-10,13-14H2,1H3/b16-4-,23-7?/t15-/m0/s1. The van der Waals surface area contributed by atoms with E-state index >= 15 is 0 Å². The van der Waals surface area contributed by atoms with Crippen LogP contribution in [0, 0.1) is 10.8 Å². The van der Waals surface area contributed by atoms with E-state index in [4.69, 9.17) is 20.1 Å². The SMILES string of the molecule is C[C@H]1CC2(CCN(c3nc4cnn(C5=CN/C(=C\C=N)C=C5)c4nc3CO)CC2)CO1. The highest BCUT2D eigenvalue weighted by molar-refractivity contribution is 5.79. The van der Waals surface area contributed by atoms with Crippen molar-refractivity contribution in [3.8, 4) is 0 Å². The summed E-state index contributed by atoms with van der Waals surface area (Å²) < 4.78 is 7.55. The monoisotopic (exact) mass is 421 g/mol. The van der Waals surface area contributed by atoms with E-state index in [0.29, 0.717) is 23.0 Å². The van der Waals surface area contributed by atoms with E-state index in [1.807, 2.05) is 18.4 Å². The number of allylic oxidation sites excluding steroid dienone is 4. The van der Waals surface area contributed by atoms with Crippen LogP contribution in [0.1, 0.15) is 31.9 Å². The van der Waals surface area contributed by atoms with Gasteiger partial charge in [0.15, 0.2) is 11.5 Å². The van der Waals surface area contributed by atoms with E-state index in [0.717, 1.165) is 56.2 Å². The number of hydrogen-bond donors (Lipinski definition) is 3. The molecule has 0 unspecified atom stereocenters. The molecule has 1 atom stereocenters. The van der Waals surface area contributed by atoms with Crippen LogP contribution < -0.4 is 10.2 Å². The zero-order valence-electron chi connectivity index (χ0n) is 17.6. The van der Waals surface area contributed by atoms with E-state index in [1.165, 1.54) is 6.21 Å². The van der Waals surface area contributed by atoms with Gasteiger partial charge in [-0.3, -0.25) is 0 Å². The Kier molecular flexibility index (Phi) is 5.07. The number of rotatable bonds is 4. The third-order valence-electron chi connectivity index (χ3n) is 6.45. The Bertz CT molecular complexity index is 1090. The van der Waals surface area contributed by atoms with Gasteiger partial charge in [-0.15, -0.1) is 0 Å². The highest BCUT2D eigenvalue weighted by atomic mass is 16.5. The molecule has 3 N–H and O–H groups in total. The second-order valence-electron chi connectivity index (χ2n) is 8.57. The van der Waals surface area contributed by atoms with Gasteiger partial charge < -0.3 is 25.5 Å². The summed E-state index contributed by atoms with van der Waals surface area (Å²) in [6, 6.07) is 0. The van der Waals surface area contributed by atoms with Crippen molar-refractivity contribution in [3.63, 3.8) is 0 Å². The minimum Gasteiger partial charge on any atom is -0.390 e. The summed E-state index contributed by atoms with van der Waals surface area (Å²) in [4.78, 5) is 11.8. The predicted octanol–water partition coefficient (Wildman–Crippen LogP) is 2.21. The van der Waals surface area contributed by atoms with Gasteiger partial charge in [0.1, 0.15) is 11.2 Å². The number of aliphatic hydroxyl groups is 1. The lowest BCUT2D eigenvalue weighted by atomic mass is 9.77. The van der Waals surface area contributed by atoms with Crippen molar-refractivity contribution in [2.24, 2.45) is 5.41 Å². The second-order valence-corrected chi connectivity index (χ2v) is 8.57. The minimum absolute atomic E-state index is 0.176. The number of nitrogens with zero attached hydrogens (tertiary/aromatic N) is 5. The highest BCUT2D eigenvalue weighted by Crippen LogP contribution is 2.42. The molecule has 2 aromatic rings. The summed E-state index contributed by atoms with van der Waals surface area (Å²) in [5, 5.41) is 24.8. The van der Waals surface area contributed by atoms with Crippen LogP contribution in [-0.4, -0.2) is 56.9 Å². The summed E-state index contributed by atoms with van der Waals surface area (Å²) >= 11 is 0. The smallest absolute Gasteiger partial charge is 0.182 e. The van der Waals surface area contributed by atoms with Crippen LogP contribution in [0.25, 0.3) is 16.9 Å².